The van der Waals surface area contributed by atoms with Crippen LogP contribution in [0.2, 0.25) is 5.02 Å². The van der Waals surface area contributed by atoms with E-state index in [-0.39, 0.29) is 12.1 Å². The van der Waals surface area contributed by atoms with Gasteiger partial charge in [-0.3, -0.25) is 4.79 Å². The number of nitrogens with one attached hydrogen (secondary N) is 1. The van der Waals surface area contributed by atoms with Gasteiger partial charge in [0.25, 0.3) is 0 Å². The van der Waals surface area contributed by atoms with Crippen molar-refractivity contribution in [2.24, 2.45) is 0 Å². The maximum Gasteiger partial charge on any atom is 0.227 e. The van der Waals surface area contributed by atoms with Crippen molar-refractivity contribution in [1.29, 1.82) is 0 Å². The summed E-state index contributed by atoms with van der Waals surface area (Å²) in [6, 6.07) is 9.21. The molecule has 0 aliphatic rings. The van der Waals surface area contributed by atoms with Crippen molar-refractivity contribution < 1.29 is 18.7 Å². The van der Waals surface area contributed by atoms with Gasteiger partial charge in [0.2, 0.25) is 5.91 Å². The second-order valence-corrected chi connectivity index (χ2v) is 4.88. The Bertz CT molecular complexity index is 647. The zero-order chi connectivity index (χ0) is 15.4. The number of aliphatic hydroxyl groups is 1. The van der Waals surface area contributed by atoms with Gasteiger partial charge < -0.3 is 10.4 Å². The smallest absolute Gasteiger partial charge is 0.227 e. The number of rotatable bonds is 4. The second-order valence-electron chi connectivity index (χ2n) is 4.44. The van der Waals surface area contributed by atoms with Gasteiger partial charge in [-0.05, 0) is 29.8 Å². The second kappa shape index (κ2) is 6.65. The third-order valence-corrected chi connectivity index (χ3v) is 3.09. The Morgan fingerprint density at radius 3 is 2.48 bits per heavy atom. The zero-order valence-corrected chi connectivity index (χ0v) is 11.6. The maximum absolute atomic E-state index is 13.4. The van der Waals surface area contributed by atoms with Gasteiger partial charge in [0.05, 0.1) is 18.2 Å². The van der Waals surface area contributed by atoms with E-state index in [0.29, 0.717) is 16.7 Å². The number of anilines is 1. The summed E-state index contributed by atoms with van der Waals surface area (Å²) in [6.45, 7) is 0. The van der Waals surface area contributed by atoms with Gasteiger partial charge in [-0.2, -0.15) is 0 Å². The largest absolute Gasteiger partial charge is 0.388 e. The Morgan fingerprint density at radius 2 is 1.86 bits per heavy atom. The lowest BCUT2D eigenvalue weighted by Crippen LogP contribution is -2.16. The van der Waals surface area contributed by atoms with Crippen LogP contribution in [0.25, 0.3) is 0 Å². The van der Waals surface area contributed by atoms with Crippen molar-refractivity contribution in [3.05, 3.63) is 64.7 Å². The molecule has 2 aromatic carbocycles. The van der Waals surface area contributed by atoms with Crippen LogP contribution < -0.4 is 5.32 Å². The Balaban J connectivity index is 1.99. The topological polar surface area (TPSA) is 49.3 Å². The standard InChI is InChI=1S/C15H12ClF2NO2/c16-10-3-1-9(2-4-10)14(20)8-15(21)19-13-6-5-11(17)7-12(13)18/h1-7,14,20H,8H2,(H,19,21). The van der Waals surface area contributed by atoms with Crippen molar-refractivity contribution in [2.45, 2.75) is 12.5 Å². The number of hydrogen-bond donors (Lipinski definition) is 2. The molecular formula is C15H12ClF2NO2. The predicted molar refractivity (Wildman–Crippen MR) is 76.0 cm³/mol. The summed E-state index contributed by atoms with van der Waals surface area (Å²) < 4.78 is 26.1. The predicted octanol–water partition coefficient (Wildman–Crippen LogP) is 3.68. The maximum atomic E-state index is 13.4. The molecule has 0 heterocycles. The van der Waals surface area contributed by atoms with Crippen LogP contribution in [0.4, 0.5) is 14.5 Å². The van der Waals surface area contributed by atoms with Crippen LogP contribution in [0.1, 0.15) is 18.1 Å². The van der Waals surface area contributed by atoms with Crippen LogP contribution in [0.5, 0.6) is 0 Å². The van der Waals surface area contributed by atoms with E-state index in [1.54, 1.807) is 24.3 Å². The molecule has 21 heavy (non-hydrogen) atoms. The Labute approximate surface area is 125 Å². The molecule has 2 aromatic rings. The molecule has 0 saturated carbocycles. The van der Waals surface area contributed by atoms with Crippen LogP contribution in [-0.2, 0) is 4.79 Å². The quantitative estimate of drug-likeness (QED) is 0.905. The number of carbonyl (C=O) groups is 1. The molecule has 2 N–H and O–H groups in total. The number of hydrogen-bond acceptors (Lipinski definition) is 2. The Hall–Kier alpha value is -1.98. The van der Waals surface area contributed by atoms with Crippen LogP contribution >= 0.6 is 11.6 Å². The monoisotopic (exact) mass is 311 g/mol. The molecule has 1 unspecified atom stereocenters. The number of carbonyl (C=O) groups excluding carboxylic acids is 1. The fourth-order valence-corrected chi connectivity index (χ4v) is 1.90. The number of amides is 1. The Kier molecular flexibility index (Phi) is 4.88. The highest BCUT2D eigenvalue weighted by atomic mass is 35.5. The van der Waals surface area contributed by atoms with Crippen molar-refractivity contribution in [3.8, 4) is 0 Å². The van der Waals surface area contributed by atoms with Crippen LogP contribution in [0.15, 0.2) is 42.5 Å². The van der Waals surface area contributed by atoms with E-state index in [2.05, 4.69) is 5.32 Å². The molecule has 0 aliphatic heterocycles. The molecule has 1 amide bonds. The Morgan fingerprint density at radius 1 is 1.19 bits per heavy atom. The van der Waals surface area contributed by atoms with Crippen molar-refractivity contribution >= 4 is 23.2 Å². The van der Waals surface area contributed by atoms with Gasteiger partial charge in [-0.15, -0.1) is 0 Å². The van der Waals surface area contributed by atoms with Crippen molar-refractivity contribution in [2.75, 3.05) is 5.32 Å². The van der Waals surface area contributed by atoms with E-state index >= 15 is 0 Å². The lowest BCUT2D eigenvalue weighted by molar-refractivity contribution is -0.118. The van der Waals surface area contributed by atoms with Gasteiger partial charge in [-0.25, -0.2) is 8.78 Å². The molecule has 0 aliphatic carbocycles. The number of benzene rings is 2. The molecular weight excluding hydrogens is 300 g/mol. The minimum Gasteiger partial charge on any atom is -0.388 e. The van der Waals surface area contributed by atoms with Gasteiger partial charge in [0.1, 0.15) is 11.6 Å². The van der Waals surface area contributed by atoms with E-state index in [1.807, 2.05) is 0 Å². The van der Waals surface area contributed by atoms with Gasteiger partial charge in [0.15, 0.2) is 0 Å². The van der Waals surface area contributed by atoms with E-state index in [4.69, 9.17) is 11.6 Å². The molecule has 3 nitrogen and oxygen atoms in total. The first kappa shape index (κ1) is 15.4. The van der Waals surface area contributed by atoms with Crippen LogP contribution in [0.3, 0.4) is 0 Å². The highest BCUT2D eigenvalue weighted by Gasteiger charge is 2.14. The molecule has 0 radical (unpaired) electrons. The third kappa shape index (κ3) is 4.24. The summed E-state index contributed by atoms with van der Waals surface area (Å²) in [5, 5.41) is 12.7. The molecule has 0 spiro atoms. The third-order valence-electron chi connectivity index (χ3n) is 2.84. The summed E-state index contributed by atoms with van der Waals surface area (Å²) in [7, 11) is 0. The summed E-state index contributed by atoms with van der Waals surface area (Å²) in [5.74, 6) is -2.18. The average molecular weight is 312 g/mol. The normalized spacial score (nSPS) is 12.0. The molecule has 0 aromatic heterocycles. The molecule has 2 rings (SSSR count). The summed E-state index contributed by atoms with van der Waals surface area (Å²) in [5.41, 5.74) is 0.388. The minimum absolute atomic E-state index is 0.135. The van der Waals surface area contributed by atoms with E-state index in [1.165, 1.54) is 0 Å². The molecule has 110 valence electrons. The first-order valence-corrected chi connectivity index (χ1v) is 6.52. The lowest BCUT2D eigenvalue weighted by Gasteiger charge is -2.12. The molecule has 0 bridgehead atoms. The SMILES string of the molecule is O=C(CC(O)c1ccc(Cl)cc1)Nc1ccc(F)cc1F. The molecule has 0 saturated heterocycles. The lowest BCUT2D eigenvalue weighted by atomic mass is 10.1. The fraction of sp³-hybridized carbons (Fsp3) is 0.133. The summed E-state index contributed by atoms with van der Waals surface area (Å²) in [4.78, 5) is 11.7. The van der Waals surface area contributed by atoms with Crippen molar-refractivity contribution in [1.82, 2.24) is 0 Å². The zero-order valence-electron chi connectivity index (χ0n) is 10.8. The first-order valence-electron chi connectivity index (χ1n) is 6.14. The first-order chi connectivity index (χ1) is 9.95. The fourth-order valence-electron chi connectivity index (χ4n) is 1.77. The van der Waals surface area contributed by atoms with Gasteiger partial charge in [-0.1, -0.05) is 23.7 Å². The van der Waals surface area contributed by atoms with Crippen molar-refractivity contribution in [3.63, 3.8) is 0 Å². The highest BCUT2D eigenvalue weighted by Crippen LogP contribution is 2.21. The van der Waals surface area contributed by atoms with E-state index in [9.17, 15) is 18.7 Å². The number of halogens is 3. The molecule has 1 atom stereocenters. The van der Waals surface area contributed by atoms with Gasteiger partial charge in [0, 0.05) is 11.1 Å². The molecule has 0 fully saturated rings. The van der Waals surface area contributed by atoms with E-state index < -0.39 is 23.6 Å². The van der Waals surface area contributed by atoms with Gasteiger partial charge >= 0.3 is 0 Å². The highest BCUT2D eigenvalue weighted by molar-refractivity contribution is 6.30. The summed E-state index contributed by atoms with van der Waals surface area (Å²) >= 11 is 5.73. The number of aliphatic hydroxyl groups excluding tert-OH is 1. The average Bonchev–Trinajstić information content (AvgIpc) is 2.42. The minimum atomic E-state index is -1.04. The molecule has 6 heteroatoms. The van der Waals surface area contributed by atoms with Crippen LogP contribution in [-0.4, -0.2) is 11.0 Å². The van der Waals surface area contributed by atoms with E-state index in [0.717, 1.165) is 12.1 Å². The summed E-state index contributed by atoms with van der Waals surface area (Å²) in [6.07, 6.45) is -1.29. The van der Waals surface area contributed by atoms with Crippen LogP contribution in [0, 0.1) is 11.6 Å².